The van der Waals surface area contributed by atoms with E-state index in [9.17, 15) is 0 Å². The van der Waals surface area contributed by atoms with E-state index >= 15 is 0 Å². The lowest BCUT2D eigenvalue weighted by atomic mass is 9.86. The SMILES string of the molecule is COc1ccc(OCCCl)c(C(C)(C)C)c1. The standard InChI is InChI=1S/C13H19ClO2/c1-13(2,3)11-9-10(15-4)5-6-12(11)16-8-7-14/h5-6,9H,7-8H2,1-4H3. The maximum absolute atomic E-state index is 5.63. The molecule has 0 spiro atoms. The number of halogens is 1. The summed E-state index contributed by atoms with van der Waals surface area (Å²) in [6.45, 7) is 6.97. The number of alkyl halides is 1. The van der Waals surface area contributed by atoms with E-state index in [0.29, 0.717) is 12.5 Å². The van der Waals surface area contributed by atoms with Crippen molar-refractivity contribution < 1.29 is 9.47 Å². The molecule has 1 aromatic rings. The average molecular weight is 243 g/mol. The highest BCUT2D eigenvalue weighted by molar-refractivity contribution is 6.18. The van der Waals surface area contributed by atoms with Crippen LogP contribution >= 0.6 is 11.6 Å². The van der Waals surface area contributed by atoms with Crippen molar-refractivity contribution in [2.45, 2.75) is 26.2 Å². The molecule has 0 heterocycles. The summed E-state index contributed by atoms with van der Waals surface area (Å²) in [6, 6.07) is 5.86. The fourth-order valence-electron chi connectivity index (χ4n) is 1.50. The number of hydrogen-bond acceptors (Lipinski definition) is 2. The van der Waals surface area contributed by atoms with Crippen molar-refractivity contribution in [3.05, 3.63) is 23.8 Å². The molecule has 0 radical (unpaired) electrons. The summed E-state index contributed by atoms with van der Waals surface area (Å²) < 4.78 is 10.9. The van der Waals surface area contributed by atoms with Crippen LogP contribution in [0.1, 0.15) is 26.3 Å². The maximum atomic E-state index is 5.63. The van der Waals surface area contributed by atoms with Gasteiger partial charge in [0.25, 0.3) is 0 Å². The van der Waals surface area contributed by atoms with Crippen LogP contribution in [0.15, 0.2) is 18.2 Å². The molecule has 0 fully saturated rings. The van der Waals surface area contributed by atoms with E-state index in [1.807, 2.05) is 18.2 Å². The fourth-order valence-corrected chi connectivity index (χ4v) is 1.57. The Bertz CT molecular complexity index is 342. The van der Waals surface area contributed by atoms with Crippen molar-refractivity contribution in [1.82, 2.24) is 0 Å². The first-order chi connectivity index (χ1) is 7.49. The average Bonchev–Trinajstić information content (AvgIpc) is 2.25. The number of methoxy groups -OCH3 is 1. The van der Waals surface area contributed by atoms with Gasteiger partial charge in [0, 0.05) is 5.56 Å². The molecule has 0 aliphatic rings. The molecule has 16 heavy (non-hydrogen) atoms. The molecule has 0 saturated carbocycles. The predicted molar refractivity (Wildman–Crippen MR) is 67.9 cm³/mol. The zero-order chi connectivity index (χ0) is 12.2. The van der Waals surface area contributed by atoms with Gasteiger partial charge < -0.3 is 9.47 Å². The van der Waals surface area contributed by atoms with Gasteiger partial charge in [0.15, 0.2) is 0 Å². The van der Waals surface area contributed by atoms with Gasteiger partial charge in [-0.05, 0) is 23.6 Å². The van der Waals surface area contributed by atoms with E-state index < -0.39 is 0 Å². The summed E-state index contributed by atoms with van der Waals surface area (Å²) >= 11 is 5.63. The third kappa shape index (κ3) is 3.31. The lowest BCUT2D eigenvalue weighted by Gasteiger charge is -2.23. The van der Waals surface area contributed by atoms with Crippen LogP contribution in [-0.4, -0.2) is 19.6 Å². The van der Waals surface area contributed by atoms with Gasteiger partial charge >= 0.3 is 0 Å². The molecule has 3 heteroatoms. The molecule has 0 atom stereocenters. The Balaban J connectivity index is 3.06. The van der Waals surface area contributed by atoms with Gasteiger partial charge in [-0.2, -0.15) is 0 Å². The molecule has 0 N–H and O–H groups in total. The Labute approximate surface area is 103 Å². The van der Waals surface area contributed by atoms with Crippen LogP contribution in [0.2, 0.25) is 0 Å². The normalized spacial score (nSPS) is 11.3. The molecular weight excluding hydrogens is 224 g/mol. The summed E-state index contributed by atoms with van der Waals surface area (Å²) in [4.78, 5) is 0. The summed E-state index contributed by atoms with van der Waals surface area (Å²) in [6.07, 6.45) is 0. The third-order valence-electron chi connectivity index (χ3n) is 2.33. The van der Waals surface area contributed by atoms with Crippen LogP contribution in [0.3, 0.4) is 0 Å². The first-order valence-electron chi connectivity index (χ1n) is 5.36. The largest absolute Gasteiger partial charge is 0.497 e. The minimum absolute atomic E-state index is 0.0240. The summed E-state index contributed by atoms with van der Waals surface area (Å²) in [5.74, 6) is 2.23. The van der Waals surface area contributed by atoms with Crippen LogP contribution in [0.5, 0.6) is 11.5 Å². The highest BCUT2D eigenvalue weighted by Crippen LogP contribution is 2.34. The summed E-state index contributed by atoms with van der Waals surface area (Å²) in [7, 11) is 1.67. The Morgan fingerprint density at radius 3 is 2.44 bits per heavy atom. The number of benzene rings is 1. The Kier molecular flexibility index (Phi) is 4.48. The van der Waals surface area contributed by atoms with Crippen molar-refractivity contribution in [2.75, 3.05) is 19.6 Å². The molecular formula is C13H19ClO2. The maximum Gasteiger partial charge on any atom is 0.123 e. The molecule has 0 aliphatic carbocycles. The first kappa shape index (κ1) is 13.2. The summed E-state index contributed by atoms with van der Waals surface area (Å²) in [5.41, 5.74) is 1.16. The molecule has 1 aromatic carbocycles. The van der Waals surface area contributed by atoms with Gasteiger partial charge in [0.2, 0.25) is 0 Å². The first-order valence-corrected chi connectivity index (χ1v) is 5.89. The van der Waals surface area contributed by atoms with Crippen LogP contribution in [0.25, 0.3) is 0 Å². The minimum atomic E-state index is 0.0240. The summed E-state index contributed by atoms with van der Waals surface area (Å²) in [5, 5.41) is 0. The van der Waals surface area contributed by atoms with Crippen LogP contribution in [0, 0.1) is 0 Å². The molecule has 0 unspecified atom stereocenters. The number of ether oxygens (including phenoxy) is 2. The van der Waals surface area contributed by atoms with Crippen molar-refractivity contribution in [1.29, 1.82) is 0 Å². The molecule has 2 nitrogen and oxygen atoms in total. The van der Waals surface area contributed by atoms with E-state index in [4.69, 9.17) is 21.1 Å². The second-order valence-corrected chi connectivity index (χ2v) is 5.03. The molecule has 1 rings (SSSR count). The Morgan fingerprint density at radius 1 is 1.25 bits per heavy atom. The van der Waals surface area contributed by atoms with Gasteiger partial charge in [-0.15, -0.1) is 11.6 Å². The second kappa shape index (κ2) is 5.44. The zero-order valence-electron chi connectivity index (χ0n) is 10.3. The van der Waals surface area contributed by atoms with E-state index in [1.54, 1.807) is 7.11 Å². The van der Waals surface area contributed by atoms with Gasteiger partial charge in [-0.25, -0.2) is 0 Å². The molecule has 0 saturated heterocycles. The van der Waals surface area contributed by atoms with Crippen molar-refractivity contribution >= 4 is 11.6 Å². The van der Waals surface area contributed by atoms with E-state index in [2.05, 4.69) is 20.8 Å². The van der Waals surface area contributed by atoms with Crippen LogP contribution in [-0.2, 0) is 5.41 Å². The van der Waals surface area contributed by atoms with Crippen LogP contribution in [0.4, 0.5) is 0 Å². The number of rotatable bonds is 4. The van der Waals surface area contributed by atoms with Crippen molar-refractivity contribution in [2.24, 2.45) is 0 Å². The van der Waals surface area contributed by atoms with Crippen molar-refractivity contribution in [3.63, 3.8) is 0 Å². The monoisotopic (exact) mass is 242 g/mol. The topological polar surface area (TPSA) is 18.5 Å². The third-order valence-corrected chi connectivity index (χ3v) is 2.48. The lowest BCUT2D eigenvalue weighted by Crippen LogP contribution is -2.14. The second-order valence-electron chi connectivity index (χ2n) is 4.65. The molecule has 0 aromatic heterocycles. The molecule has 0 aliphatic heterocycles. The van der Waals surface area contributed by atoms with E-state index in [0.717, 1.165) is 17.1 Å². The Morgan fingerprint density at radius 2 is 1.94 bits per heavy atom. The molecule has 0 amide bonds. The van der Waals surface area contributed by atoms with Gasteiger partial charge in [-0.3, -0.25) is 0 Å². The molecule has 0 bridgehead atoms. The highest BCUT2D eigenvalue weighted by Gasteiger charge is 2.19. The smallest absolute Gasteiger partial charge is 0.123 e. The van der Waals surface area contributed by atoms with E-state index in [1.165, 1.54) is 0 Å². The fraction of sp³-hybridized carbons (Fsp3) is 0.538. The highest BCUT2D eigenvalue weighted by atomic mass is 35.5. The molecule has 90 valence electrons. The minimum Gasteiger partial charge on any atom is -0.497 e. The van der Waals surface area contributed by atoms with Gasteiger partial charge in [0.05, 0.1) is 13.0 Å². The number of hydrogen-bond donors (Lipinski definition) is 0. The predicted octanol–water partition coefficient (Wildman–Crippen LogP) is 3.61. The quantitative estimate of drug-likeness (QED) is 0.751. The Hall–Kier alpha value is -0.890. The van der Waals surface area contributed by atoms with Crippen LogP contribution < -0.4 is 9.47 Å². The van der Waals surface area contributed by atoms with Gasteiger partial charge in [-0.1, -0.05) is 20.8 Å². The van der Waals surface area contributed by atoms with E-state index in [-0.39, 0.29) is 5.41 Å². The zero-order valence-corrected chi connectivity index (χ0v) is 11.1. The van der Waals surface area contributed by atoms with Crippen molar-refractivity contribution in [3.8, 4) is 11.5 Å². The lowest BCUT2D eigenvalue weighted by molar-refractivity contribution is 0.330. The van der Waals surface area contributed by atoms with Gasteiger partial charge in [0.1, 0.15) is 18.1 Å².